The van der Waals surface area contributed by atoms with E-state index >= 15 is 0 Å². The second kappa shape index (κ2) is 8.13. The number of nitrogens with one attached hydrogen (secondary N) is 1. The maximum atomic E-state index is 13.2. The van der Waals surface area contributed by atoms with Gasteiger partial charge in [-0.3, -0.25) is 9.59 Å². The van der Waals surface area contributed by atoms with Gasteiger partial charge in [-0.15, -0.1) is 0 Å². The molecule has 0 saturated heterocycles. The van der Waals surface area contributed by atoms with Gasteiger partial charge in [0, 0.05) is 25.6 Å². The molecule has 7 heteroatoms. The second-order valence-electron chi connectivity index (χ2n) is 5.05. The van der Waals surface area contributed by atoms with Gasteiger partial charge in [-0.1, -0.05) is 35.3 Å². The van der Waals surface area contributed by atoms with Crippen LogP contribution in [0.2, 0.25) is 10.0 Å². The lowest BCUT2D eigenvalue weighted by Crippen LogP contribution is -2.32. The van der Waals surface area contributed by atoms with Crippen molar-refractivity contribution < 1.29 is 14.0 Å². The van der Waals surface area contributed by atoms with Crippen molar-refractivity contribution in [2.24, 2.45) is 0 Å². The van der Waals surface area contributed by atoms with Crippen LogP contribution in [0.15, 0.2) is 42.5 Å². The van der Waals surface area contributed by atoms with Gasteiger partial charge in [0.05, 0.1) is 15.7 Å². The molecule has 0 bridgehead atoms. The average Bonchev–Trinajstić information content (AvgIpc) is 2.53. The number of para-hydroxylation sites is 1. The van der Waals surface area contributed by atoms with Crippen molar-refractivity contribution in [3.8, 4) is 0 Å². The number of hydrogen-bond acceptors (Lipinski definition) is 2. The van der Waals surface area contributed by atoms with Gasteiger partial charge in [0.15, 0.2) is 0 Å². The minimum atomic E-state index is -0.569. The van der Waals surface area contributed by atoms with Crippen molar-refractivity contribution in [2.45, 2.75) is 13.3 Å². The lowest BCUT2D eigenvalue weighted by molar-refractivity contribution is -0.117. The van der Waals surface area contributed by atoms with Crippen LogP contribution in [-0.4, -0.2) is 18.4 Å². The van der Waals surface area contributed by atoms with Crippen molar-refractivity contribution in [2.75, 3.05) is 16.8 Å². The van der Waals surface area contributed by atoms with Crippen molar-refractivity contribution in [3.63, 3.8) is 0 Å². The Hall–Kier alpha value is -2.11. The van der Waals surface area contributed by atoms with Crippen LogP contribution in [0.4, 0.5) is 15.8 Å². The Labute approximate surface area is 149 Å². The normalized spacial score (nSPS) is 10.3. The molecule has 0 saturated carbocycles. The molecule has 1 N–H and O–H groups in total. The zero-order valence-electron chi connectivity index (χ0n) is 12.9. The number of halogens is 3. The SMILES string of the molecule is CC(=O)N(CCC(=O)Nc1ccccc1Cl)c1ccc(F)c(Cl)c1. The van der Waals surface area contributed by atoms with Crippen LogP contribution >= 0.6 is 23.2 Å². The standard InChI is InChI=1S/C17H15Cl2FN2O2/c1-11(23)22(12-6-7-15(20)14(19)10-12)9-8-17(24)21-16-5-3-2-4-13(16)18/h2-7,10H,8-9H2,1H3,(H,21,24). The Morgan fingerprint density at radius 2 is 1.83 bits per heavy atom. The maximum Gasteiger partial charge on any atom is 0.226 e. The fourth-order valence-electron chi connectivity index (χ4n) is 2.11. The molecule has 0 aliphatic heterocycles. The summed E-state index contributed by atoms with van der Waals surface area (Å²) in [5.41, 5.74) is 0.933. The maximum absolute atomic E-state index is 13.2. The topological polar surface area (TPSA) is 49.4 Å². The van der Waals surface area contributed by atoms with Crippen LogP contribution in [0, 0.1) is 5.82 Å². The minimum absolute atomic E-state index is 0.0554. The smallest absolute Gasteiger partial charge is 0.226 e. The molecule has 0 fully saturated rings. The number of benzene rings is 2. The fraction of sp³-hybridized carbons (Fsp3) is 0.176. The van der Waals surface area contributed by atoms with Crippen LogP contribution in [0.3, 0.4) is 0 Å². The number of carbonyl (C=O) groups excluding carboxylic acids is 2. The third kappa shape index (κ3) is 4.69. The minimum Gasteiger partial charge on any atom is -0.325 e. The number of anilines is 2. The summed E-state index contributed by atoms with van der Waals surface area (Å²) in [6, 6.07) is 10.8. The lowest BCUT2D eigenvalue weighted by atomic mass is 10.2. The molecule has 0 radical (unpaired) electrons. The van der Waals surface area contributed by atoms with E-state index in [0.717, 1.165) is 0 Å². The highest BCUT2D eigenvalue weighted by atomic mass is 35.5. The number of hydrogen-bond donors (Lipinski definition) is 1. The van der Waals surface area contributed by atoms with Crippen LogP contribution < -0.4 is 10.2 Å². The van der Waals surface area contributed by atoms with E-state index in [9.17, 15) is 14.0 Å². The monoisotopic (exact) mass is 368 g/mol. The largest absolute Gasteiger partial charge is 0.325 e. The molecule has 2 aromatic carbocycles. The molecule has 0 unspecified atom stereocenters. The summed E-state index contributed by atoms with van der Waals surface area (Å²) < 4.78 is 13.2. The molecule has 4 nitrogen and oxygen atoms in total. The zero-order valence-corrected chi connectivity index (χ0v) is 14.4. The summed E-state index contributed by atoms with van der Waals surface area (Å²) in [7, 11) is 0. The highest BCUT2D eigenvalue weighted by Crippen LogP contribution is 2.24. The van der Waals surface area contributed by atoms with Crippen molar-refractivity contribution in [3.05, 3.63) is 58.3 Å². The van der Waals surface area contributed by atoms with E-state index in [-0.39, 0.29) is 29.8 Å². The van der Waals surface area contributed by atoms with Crippen LogP contribution in [0.25, 0.3) is 0 Å². The fourth-order valence-corrected chi connectivity index (χ4v) is 2.47. The third-order valence-electron chi connectivity index (χ3n) is 3.31. The first kappa shape index (κ1) is 18.2. The summed E-state index contributed by atoms with van der Waals surface area (Å²) in [5.74, 6) is -1.13. The van der Waals surface area contributed by atoms with E-state index in [1.165, 1.54) is 30.0 Å². The van der Waals surface area contributed by atoms with Crippen LogP contribution in [0.1, 0.15) is 13.3 Å². The number of carbonyl (C=O) groups is 2. The summed E-state index contributed by atoms with van der Waals surface area (Å²) in [4.78, 5) is 25.2. The summed E-state index contributed by atoms with van der Waals surface area (Å²) in [6.07, 6.45) is 0.0554. The Balaban J connectivity index is 2.03. The molecular formula is C17H15Cl2FN2O2. The van der Waals surface area contributed by atoms with Gasteiger partial charge >= 0.3 is 0 Å². The average molecular weight is 369 g/mol. The van der Waals surface area contributed by atoms with E-state index in [2.05, 4.69) is 5.32 Å². The molecule has 0 heterocycles. The van der Waals surface area contributed by atoms with Crippen molar-refractivity contribution in [1.29, 1.82) is 0 Å². The molecule has 2 aromatic rings. The zero-order chi connectivity index (χ0) is 17.7. The summed E-state index contributed by atoms with van der Waals surface area (Å²) in [5, 5.41) is 3.03. The molecule has 0 atom stereocenters. The summed E-state index contributed by atoms with van der Waals surface area (Å²) in [6.45, 7) is 1.50. The summed E-state index contributed by atoms with van der Waals surface area (Å²) >= 11 is 11.7. The highest BCUT2D eigenvalue weighted by Gasteiger charge is 2.15. The number of amides is 2. The first-order chi connectivity index (χ1) is 11.4. The lowest BCUT2D eigenvalue weighted by Gasteiger charge is -2.21. The third-order valence-corrected chi connectivity index (χ3v) is 3.92. The molecule has 2 rings (SSSR count). The number of rotatable bonds is 5. The Morgan fingerprint density at radius 1 is 1.12 bits per heavy atom. The van der Waals surface area contributed by atoms with E-state index in [4.69, 9.17) is 23.2 Å². The van der Waals surface area contributed by atoms with Crippen LogP contribution in [-0.2, 0) is 9.59 Å². The Morgan fingerprint density at radius 3 is 2.46 bits per heavy atom. The van der Waals surface area contributed by atoms with E-state index in [1.807, 2.05) is 0 Å². The predicted molar refractivity (Wildman–Crippen MR) is 94.1 cm³/mol. The molecule has 24 heavy (non-hydrogen) atoms. The first-order valence-corrected chi connectivity index (χ1v) is 7.91. The highest BCUT2D eigenvalue weighted by molar-refractivity contribution is 6.33. The van der Waals surface area contributed by atoms with Gasteiger partial charge in [0.2, 0.25) is 11.8 Å². The molecule has 0 aliphatic carbocycles. The van der Waals surface area contributed by atoms with Gasteiger partial charge < -0.3 is 10.2 Å². The van der Waals surface area contributed by atoms with E-state index in [1.54, 1.807) is 24.3 Å². The van der Waals surface area contributed by atoms with Crippen LogP contribution in [0.5, 0.6) is 0 Å². The number of nitrogens with zero attached hydrogens (tertiary/aromatic N) is 1. The van der Waals surface area contributed by atoms with Crippen molar-refractivity contribution in [1.82, 2.24) is 0 Å². The molecule has 126 valence electrons. The second-order valence-corrected chi connectivity index (χ2v) is 5.86. The molecule has 0 aliphatic rings. The Kier molecular flexibility index (Phi) is 6.17. The van der Waals surface area contributed by atoms with Gasteiger partial charge in [-0.25, -0.2) is 4.39 Å². The quantitative estimate of drug-likeness (QED) is 0.843. The predicted octanol–water partition coefficient (Wildman–Crippen LogP) is 4.51. The van der Waals surface area contributed by atoms with E-state index < -0.39 is 5.82 Å². The van der Waals surface area contributed by atoms with Gasteiger partial charge in [0.1, 0.15) is 5.82 Å². The molecule has 0 spiro atoms. The van der Waals surface area contributed by atoms with Gasteiger partial charge in [-0.05, 0) is 30.3 Å². The van der Waals surface area contributed by atoms with Crippen molar-refractivity contribution >= 4 is 46.4 Å². The van der Waals surface area contributed by atoms with Gasteiger partial charge in [-0.2, -0.15) is 0 Å². The first-order valence-electron chi connectivity index (χ1n) is 7.16. The Bertz CT molecular complexity index is 768. The molecular weight excluding hydrogens is 354 g/mol. The molecule has 0 aromatic heterocycles. The van der Waals surface area contributed by atoms with Gasteiger partial charge in [0.25, 0.3) is 0 Å². The van der Waals surface area contributed by atoms with E-state index in [0.29, 0.717) is 16.4 Å². The molecule has 2 amide bonds.